The molecular formula is C128H82N14. The summed E-state index contributed by atoms with van der Waals surface area (Å²) in [5, 5.41) is 10.4. The molecule has 14 heteroatoms. The molecule has 26 aromatic rings. The lowest BCUT2D eigenvalue weighted by molar-refractivity contribution is 1.03. The first-order chi connectivity index (χ1) is 70.5. The number of aromatic nitrogens is 11. The van der Waals surface area contributed by atoms with Gasteiger partial charge in [-0.05, 0) is 132 Å². The van der Waals surface area contributed by atoms with E-state index in [1.807, 2.05) is 79.6 Å². The first kappa shape index (κ1) is 82.1. The van der Waals surface area contributed by atoms with Gasteiger partial charge in [-0.3, -0.25) is 34.3 Å². The highest BCUT2D eigenvalue weighted by molar-refractivity contribution is 6.18. The van der Waals surface area contributed by atoms with E-state index < -0.39 is 0 Å². The van der Waals surface area contributed by atoms with Gasteiger partial charge in [-0.25, -0.2) is 19.9 Å². The number of hydrogen-bond donors (Lipinski definition) is 0. The van der Waals surface area contributed by atoms with Crippen LogP contribution in [-0.4, -0.2) is 53.6 Å². The first-order valence-electron chi connectivity index (χ1n) is 47.7. The Bertz CT molecular complexity index is 9430. The minimum Gasteiger partial charge on any atom is -0.309 e. The second-order valence-corrected chi connectivity index (χ2v) is 35.7. The molecule has 142 heavy (non-hydrogen) atoms. The average molecular weight is 1820 g/mol. The molecular weight excluding hydrogens is 1730 g/mol. The zero-order valence-electron chi connectivity index (χ0n) is 76.6. The van der Waals surface area contributed by atoms with Crippen LogP contribution in [0.4, 0.5) is 51.4 Å². The van der Waals surface area contributed by atoms with Crippen LogP contribution in [-0.2, 0) is 0 Å². The number of rotatable bonds is 10. The second kappa shape index (κ2) is 34.4. The molecule has 0 atom stereocenters. The van der Waals surface area contributed by atoms with Crippen molar-refractivity contribution in [3.63, 3.8) is 0 Å². The van der Waals surface area contributed by atoms with Crippen LogP contribution in [0.25, 0.3) is 205 Å². The predicted molar refractivity (Wildman–Crippen MR) is 581 cm³/mol. The van der Waals surface area contributed by atoms with E-state index in [0.717, 1.165) is 213 Å². The molecule has 664 valence electrons. The molecule has 0 N–H and O–H groups in total. The maximum absolute atomic E-state index is 5.33. The Labute approximate surface area is 818 Å². The highest BCUT2D eigenvalue weighted by atomic mass is 15.2. The number of nitrogens with zero attached hydrogens (tertiary/aromatic N) is 14. The molecule has 13 heterocycles. The van der Waals surface area contributed by atoms with Crippen LogP contribution in [0.15, 0.2) is 498 Å². The van der Waals surface area contributed by atoms with Gasteiger partial charge in [0, 0.05) is 158 Å². The van der Waals surface area contributed by atoms with Crippen molar-refractivity contribution in [2.24, 2.45) is 0 Å². The zero-order valence-corrected chi connectivity index (χ0v) is 76.6. The Hall–Kier alpha value is -19.4. The van der Waals surface area contributed by atoms with Gasteiger partial charge in [-0.1, -0.05) is 328 Å². The molecule has 3 aliphatic heterocycles. The molecule has 0 aliphatic carbocycles. The van der Waals surface area contributed by atoms with Crippen LogP contribution in [0.5, 0.6) is 0 Å². The Balaban J connectivity index is 0.000000107. The van der Waals surface area contributed by atoms with Gasteiger partial charge < -0.3 is 14.0 Å². The van der Waals surface area contributed by atoms with Crippen molar-refractivity contribution >= 4 is 128 Å². The van der Waals surface area contributed by atoms with Crippen molar-refractivity contribution in [1.29, 1.82) is 0 Å². The molecule has 29 rings (SSSR count). The summed E-state index contributed by atoms with van der Waals surface area (Å²) in [6.07, 6.45) is 13.4. The summed E-state index contributed by atoms with van der Waals surface area (Å²) in [5.41, 5.74) is 35.7. The van der Waals surface area contributed by atoms with E-state index in [-0.39, 0.29) is 0 Å². The summed E-state index contributed by atoms with van der Waals surface area (Å²) in [6, 6.07) is 160. The molecule has 14 nitrogen and oxygen atoms in total. The summed E-state index contributed by atoms with van der Waals surface area (Å²) in [4.78, 5) is 46.5. The van der Waals surface area contributed by atoms with Crippen LogP contribution >= 0.6 is 0 Å². The molecule has 0 saturated carbocycles. The third-order valence-corrected chi connectivity index (χ3v) is 27.7. The van der Waals surface area contributed by atoms with Crippen LogP contribution in [0.2, 0.25) is 0 Å². The number of benzene rings is 16. The summed E-state index contributed by atoms with van der Waals surface area (Å²) >= 11 is 0. The quantitative estimate of drug-likeness (QED) is 0.130. The smallest absolute Gasteiger partial charge is 0.162 e. The van der Waals surface area contributed by atoms with Gasteiger partial charge in [0.1, 0.15) is 17.5 Å². The van der Waals surface area contributed by atoms with Gasteiger partial charge in [-0.2, -0.15) is 0 Å². The van der Waals surface area contributed by atoms with Crippen LogP contribution in [0.3, 0.4) is 0 Å². The molecule has 16 aromatic carbocycles. The monoisotopic (exact) mass is 1810 g/mol. The van der Waals surface area contributed by atoms with Gasteiger partial charge in [0.05, 0.1) is 114 Å². The van der Waals surface area contributed by atoms with Gasteiger partial charge in [0.2, 0.25) is 0 Å². The van der Waals surface area contributed by atoms with E-state index in [1.54, 1.807) is 6.20 Å². The Morgan fingerprint density at radius 3 is 1.28 bits per heavy atom. The van der Waals surface area contributed by atoms with Crippen molar-refractivity contribution in [2.75, 3.05) is 14.7 Å². The fourth-order valence-electron chi connectivity index (χ4n) is 21.5. The fourth-order valence-corrected chi connectivity index (χ4v) is 21.5. The fraction of sp³-hybridized carbons (Fsp3) is 0. The number of para-hydroxylation sites is 11. The molecule has 0 radical (unpaired) electrons. The minimum absolute atomic E-state index is 0.679. The minimum atomic E-state index is 0.679. The molecule has 0 unspecified atom stereocenters. The van der Waals surface area contributed by atoms with Crippen LogP contribution in [0.1, 0.15) is 0 Å². The third kappa shape index (κ3) is 13.8. The Morgan fingerprint density at radius 2 is 0.655 bits per heavy atom. The maximum atomic E-state index is 5.33. The summed E-state index contributed by atoms with van der Waals surface area (Å²) < 4.78 is 7.14. The SMILES string of the molecule is c1cc(-c2nccc3ccccc23)cc(-n2c3c(c4ccccc42)-c2ccccc2N(c2cnc4ccccc4c2)c2ccccc2-3)c1.c1ccc(-c2cc(-n3c4c(c5ccccc53)-c3ccccc3N(c3ccc5ccccc5n3)c3ccccc3-4)nc(-c3ccccc3)n2)cc1.c1cncc(-c2cncc(-n3c4c(c5ccccc53)-c3ccccc3N(c3nccc5ccccc35)c3ccccc3-4)c2)c1. The highest BCUT2D eigenvalue weighted by Crippen LogP contribution is 2.59. The topological polar surface area (TPSA) is 128 Å². The highest BCUT2D eigenvalue weighted by Gasteiger charge is 2.37. The maximum Gasteiger partial charge on any atom is 0.162 e. The third-order valence-electron chi connectivity index (χ3n) is 27.7. The molecule has 0 fully saturated rings. The normalized spacial score (nSPS) is 12.0. The first-order valence-corrected chi connectivity index (χ1v) is 47.7. The largest absolute Gasteiger partial charge is 0.309 e. The van der Waals surface area contributed by atoms with Crippen molar-refractivity contribution in [2.45, 2.75) is 0 Å². The molecule has 0 spiro atoms. The van der Waals surface area contributed by atoms with Gasteiger partial charge >= 0.3 is 0 Å². The lowest BCUT2D eigenvalue weighted by atomic mass is 9.98. The lowest BCUT2D eigenvalue weighted by Gasteiger charge is -2.27. The summed E-state index contributed by atoms with van der Waals surface area (Å²) in [7, 11) is 0. The average Bonchev–Trinajstić information content (AvgIpc) is 1.56. The van der Waals surface area contributed by atoms with E-state index in [0.29, 0.717) is 5.82 Å². The van der Waals surface area contributed by atoms with E-state index in [1.165, 1.54) is 38.5 Å². The van der Waals surface area contributed by atoms with Gasteiger partial charge in [0.25, 0.3) is 0 Å². The van der Waals surface area contributed by atoms with Gasteiger partial charge in [-0.15, -0.1) is 0 Å². The number of pyridine rings is 6. The van der Waals surface area contributed by atoms with E-state index in [9.17, 15) is 0 Å². The van der Waals surface area contributed by atoms with Crippen molar-refractivity contribution in [1.82, 2.24) is 53.6 Å². The summed E-state index contributed by atoms with van der Waals surface area (Å²) in [6.45, 7) is 0. The van der Waals surface area contributed by atoms with E-state index >= 15 is 0 Å². The molecule has 0 amide bonds. The number of anilines is 9. The number of hydrogen-bond acceptors (Lipinski definition) is 11. The van der Waals surface area contributed by atoms with Crippen molar-refractivity contribution in [3.8, 4) is 129 Å². The Kier molecular flexibility index (Phi) is 19.9. The van der Waals surface area contributed by atoms with Crippen molar-refractivity contribution in [3.05, 3.63) is 498 Å². The van der Waals surface area contributed by atoms with Crippen LogP contribution in [0, 0.1) is 0 Å². The molecule has 0 saturated heterocycles. The van der Waals surface area contributed by atoms with Crippen molar-refractivity contribution < 1.29 is 0 Å². The molecule has 0 bridgehead atoms. The van der Waals surface area contributed by atoms with E-state index in [2.05, 4.69) is 446 Å². The summed E-state index contributed by atoms with van der Waals surface area (Å²) in [5.74, 6) is 3.26. The molecule has 10 aromatic heterocycles. The molecule has 3 aliphatic rings. The zero-order chi connectivity index (χ0) is 93.7. The van der Waals surface area contributed by atoms with Gasteiger partial charge in [0.15, 0.2) is 5.82 Å². The number of fused-ring (bicyclic) bond motifs is 25. The van der Waals surface area contributed by atoms with E-state index in [4.69, 9.17) is 34.9 Å². The standard InChI is InChI=1S/C45H29N5.C44H28N4.C39H25N5/c1-3-15-30(16-4-1)37-29-42(48-45(47-37)32-18-5-2-6-19-32)50-39-25-13-9-21-34(39)43-33-20-8-12-24-38(33)49(40-26-14-10-22-35(40)44(43)50)41-28-27-31-17-7-11-23-36(31)46-41;1-3-16-34-29(12-1)24-25-45-43(34)31-14-11-15-32(27-31)48-40-22-9-5-18-36(40)42-35-17-4-8-21-39(35)47(41-23-10-6-19-37(41)44(42)48)33-26-30-13-2-7-20-38(30)46-28-33;1-2-12-30-26(10-1)19-21-42-39(30)44-35-17-7-4-14-32(35)37-31-13-3-6-16-34(31)43(38(37)33-15-5-8-18-36(33)44)29-22-28(24-41-25-29)27-11-9-20-40-23-27/h1-29H;1-28H;1-25H. The Morgan fingerprint density at radius 1 is 0.204 bits per heavy atom. The lowest BCUT2D eigenvalue weighted by Crippen LogP contribution is -2.13. The predicted octanol–water partition coefficient (Wildman–Crippen LogP) is 32.7. The second-order valence-electron chi connectivity index (χ2n) is 35.7. The van der Waals surface area contributed by atoms with Crippen LogP contribution < -0.4 is 14.7 Å².